The summed E-state index contributed by atoms with van der Waals surface area (Å²) in [5.41, 5.74) is -1.21. The molecule has 0 saturated heterocycles. The molecule has 1 N–H and O–H groups in total. The Labute approximate surface area is 117 Å². The molecule has 0 aliphatic heterocycles. The third kappa shape index (κ3) is 2.83. The van der Waals surface area contributed by atoms with Crippen LogP contribution in [0.2, 0.25) is 0 Å². The fourth-order valence-electron chi connectivity index (χ4n) is 1.82. The van der Waals surface area contributed by atoms with Crippen molar-refractivity contribution in [3.05, 3.63) is 62.2 Å². The van der Waals surface area contributed by atoms with Gasteiger partial charge in [-0.25, -0.2) is 18.0 Å². The lowest BCUT2D eigenvalue weighted by atomic mass is 10.2. The molecular formula is C13H12F3N3O2. The van der Waals surface area contributed by atoms with E-state index in [1.54, 1.807) is 0 Å². The number of aromatic nitrogens is 2. The zero-order chi connectivity index (χ0) is 15.7. The van der Waals surface area contributed by atoms with Crippen LogP contribution >= 0.6 is 0 Å². The molecule has 0 unspecified atom stereocenters. The summed E-state index contributed by atoms with van der Waals surface area (Å²) < 4.78 is 41.7. The van der Waals surface area contributed by atoms with Gasteiger partial charge in [-0.1, -0.05) is 0 Å². The van der Waals surface area contributed by atoms with Gasteiger partial charge in [0.25, 0.3) is 5.56 Å². The molecule has 112 valence electrons. The van der Waals surface area contributed by atoms with Crippen LogP contribution in [0.1, 0.15) is 5.69 Å². The number of hydrogen-bond acceptors (Lipinski definition) is 3. The lowest BCUT2D eigenvalue weighted by Gasteiger charge is -2.12. The summed E-state index contributed by atoms with van der Waals surface area (Å²) in [6, 6.07) is 2.40. The zero-order valence-electron chi connectivity index (χ0n) is 11.3. The number of benzene rings is 1. The minimum atomic E-state index is -1.32. The maximum Gasteiger partial charge on any atom is 0.330 e. The van der Waals surface area contributed by atoms with Crippen molar-refractivity contribution in [1.82, 2.24) is 9.13 Å². The molecule has 0 aliphatic carbocycles. The van der Waals surface area contributed by atoms with Crippen molar-refractivity contribution in [3.63, 3.8) is 0 Å². The van der Waals surface area contributed by atoms with E-state index in [-0.39, 0.29) is 17.9 Å². The summed E-state index contributed by atoms with van der Waals surface area (Å²) in [6.45, 7) is -0.137. The third-order valence-electron chi connectivity index (χ3n) is 3.08. The Morgan fingerprint density at radius 1 is 1.05 bits per heavy atom. The molecule has 0 fully saturated rings. The molecular weight excluding hydrogens is 287 g/mol. The first-order valence-electron chi connectivity index (χ1n) is 5.95. The van der Waals surface area contributed by atoms with Crippen LogP contribution in [0.4, 0.5) is 18.9 Å². The van der Waals surface area contributed by atoms with Crippen LogP contribution in [0, 0.1) is 17.5 Å². The summed E-state index contributed by atoms with van der Waals surface area (Å²) in [4.78, 5) is 23.2. The van der Waals surface area contributed by atoms with E-state index in [0.29, 0.717) is 6.07 Å². The molecule has 0 amide bonds. The van der Waals surface area contributed by atoms with Crippen LogP contribution in [0.15, 0.2) is 27.8 Å². The van der Waals surface area contributed by atoms with Crippen LogP contribution in [0.3, 0.4) is 0 Å². The van der Waals surface area contributed by atoms with E-state index in [2.05, 4.69) is 5.32 Å². The first kappa shape index (κ1) is 14.9. The molecule has 1 aromatic carbocycles. The molecule has 0 bridgehead atoms. The lowest BCUT2D eigenvalue weighted by molar-refractivity contribution is 0.497. The topological polar surface area (TPSA) is 56.0 Å². The van der Waals surface area contributed by atoms with Crippen LogP contribution in [0.5, 0.6) is 0 Å². The van der Waals surface area contributed by atoms with Crippen LogP contribution in [-0.2, 0) is 20.6 Å². The number of rotatable bonds is 3. The Kier molecular flexibility index (Phi) is 3.88. The van der Waals surface area contributed by atoms with Gasteiger partial charge in [0.15, 0.2) is 11.6 Å². The second-order valence-electron chi connectivity index (χ2n) is 4.48. The maximum atomic E-state index is 13.5. The number of nitrogens with zero attached hydrogens (tertiary/aromatic N) is 2. The number of nitrogens with one attached hydrogen (secondary N) is 1. The molecule has 0 aliphatic rings. The van der Waals surface area contributed by atoms with Gasteiger partial charge in [-0.2, -0.15) is 0 Å². The highest BCUT2D eigenvalue weighted by molar-refractivity contribution is 5.45. The van der Waals surface area contributed by atoms with Crippen molar-refractivity contribution in [3.8, 4) is 0 Å². The van der Waals surface area contributed by atoms with Crippen molar-refractivity contribution in [2.24, 2.45) is 14.1 Å². The Hall–Kier alpha value is -2.51. The van der Waals surface area contributed by atoms with E-state index in [4.69, 9.17) is 0 Å². The molecule has 0 radical (unpaired) electrons. The number of anilines is 1. The normalized spacial score (nSPS) is 10.7. The third-order valence-corrected chi connectivity index (χ3v) is 3.08. The van der Waals surface area contributed by atoms with Crippen molar-refractivity contribution in [1.29, 1.82) is 0 Å². The molecule has 8 heteroatoms. The smallest absolute Gasteiger partial charge is 0.330 e. The average Bonchev–Trinajstić information content (AvgIpc) is 2.43. The standard InChI is InChI=1S/C13H12F3N3O2/c1-18-8(5-11(20)19(2)13(18)21)6-17-10-4-7(14)3-9(15)12(10)16/h3-5,17H,6H2,1-2H3. The second kappa shape index (κ2) is 5.47. The Morgan fingerprint density at radius 3 is 2.38 bits per heavy atom. The van der Waals surface area contributed by atoms with Crippen LogP contribution in [0.25, 0.3) is 0 Å². The van der Waals surface area contributed by atoms with Gasteiger partial charge in [0.05, 0.1) is 12.2 Å². The highest BCUT2D eigenvalue weighted by Gasteiger charge is 2.12. The molecule has 0 saturated carbocycles. The minimum Gasteiger partial charge on any atom is -0.377 e. The van der Waals surface area contributed by atoms with Gasteiger partial charge in [0.2, 0.25) is 0 Å². The van der Waals surface area contributed by atoms with E-state index in [0.717, 1.165) is 10.6 Å². The van der Waals surface area contributed by atoms with E-state index < -0.39 is 28.7 Å². The summed E-state index contributed by atoms with van der Waals surface area (Å²) in [5.74, 6) is -3.49. The molecule has 2 aromatic rings. The highest BCUT2D eigenvalue weighted by atomic mass is 19.2. The predicted octanol–water partition coefficient (Wildman–Crippen LogP) is 1.11. The fourth-order valence-corrected chi connectivity index (χ4v) is 1.82. The summed E-state index contributed by atoms with van der Waals surface area (Å²) in [5, 5.41) is 2.46. The van der Waals surface area contributed by atoms with Gasteiger partial charge < -0.3 is 5.32 Å². The van der Waals surface area contributed by atoms with E-state index in [9.17, 15) is 22.8 Å². The minimum absolute atomic E-state index is 0.137. The average molecular weight is 299 g/mol. The second-order valence-corrected chi connectivity index (χ2v) is 4.48. The number of halogens is 3. The summed E-state index contributed by atoms with van der Waals surface area (Å²) in [6.07, 6.45) is 0. The van der Waals surface area contributed by atoms with Crippen LogP contribution < -0.4 is 16.6 Å². The monoisotopic (exact) mass is 299 g/mol. The molecule has 5 nitrogen and oxygen atoms in total. The van der Waals surface area contributed by atoms with Crippen molar-refractivity contribution < 1.29 is 13.2 Å². The molecule has 2 rings (SSSR count). The summed E-state index contributed by atoms with van der Waals surface area (Å²) in [7, 11) is 2.75. The largest absolute Gasteiger partial charge is 0.377 e. The molecule has 1 heterocycles. The first-order valence-corrected chi connectivity index (χ1v) is 5.95. The van der Waals surface area contributed by atoms with Gasteiger partial charge in [-0.05, 0) is 0 Å². The van der Waals surface area contributed by atoms with Crippen molar-refractivity contribution in [2.45, 2.75) is 6.54 Å². The van der Waals surface area contributed by atoms with Crippen LogP contribution in [-0.4, -0.2) is 9.13 Å². The Bertz CT molecular complexity index is 812. The molecule has 0 spiro atoms. The van der Waals surface area contributed by atoms with Gasteiger partial charge in [0.1, 0.15) is 5.82 Å². The summed E-state index contributed by atoms with van der Waals surface area (Å²) >= 11 is 0. The van der Waals surface area contributed by atoms with Gasteiger partial charge in [0, 0.05) is 38.0 Å². The maximum absolute atomic E-state index is 13.5. The molecule has 0 atom stereocenters. The first-order chi connectivity index (χ1) is 9.81. The van der Waals surface area contributed by atoms with Gasteiger partial charge in [-0.3, -0.25) is 13.9 Å². The van der Waals surface area contributed by atoms with E-state index >= 15 is 0 Å². The van der Waals surface area contributed by atoms with Crippen molar-refractivity contribution in [2.75, 3.05) is 5.32 Å². The Morgan fingerprint density at radius 2 is 1.71 bits per heavy atom. The highest BCUT2D eigenvalue weighted by Crippen LogP contribution is 2.19. The predicted molar refractivity (Wildman–Crippen MR) is 70.6 cm³/mol. The van der Waals surface area contributed by atoms with Gasteiger partial charge >= 0.3 is 5.69 Å². The van der Waals surface area contributed by atoms with Gasteiger partial charge in [-0.15, -0.1) is 0 Å². The zero-order valence-corrected chi connectivity index (χ0v) is 11.3. The SMILES string of the molecule is Cn1c(CNc2cc(F)cc(F)c2F)cc(=O)n(C)c1=O. The molecule has 1 aromatic heterocycles. The quantitative estimate of drug-likeness (QED) is 0.864. The fraction of sp³-hybridized carbons (Fsp3) is 0.231. The Balaban J connectivity index is 2.34. The van der Waals surface area contributed by atoms with Crippen molar-refractivity contribution >= 4 is 5.69 Å². The van der Waals surface area contributed by atoms with E-state index in [1.807, 2.05) is 0 Å². The number of hydrogen-bond donors (Lipinski definition) is 1. The lowest BCUT2D eigenvalue weighted by Crippen LogP contribution is -2.38. The molecule has 21 heavy (non-hydrogen) atoms. The van der Waals surface area contributed by atoms with E-state index in [1.165, 1.54) is 24.7 Å².